The van der Waals surface area contributed by atoms with Crippen molar-refractivity contribution >= 4 is 28.5 Å². The Bertz CT molecular complexity index is 927. The summed E-state index contributed by atoms with van der Waals surface area (Å²) in [5.74, 6) is 2.80. The minimum Gasteiger partial charge on any atom is -0.493 e. The van der Waals surface area contributed by atoms with E-state index >= 15 is 0 Å². The molecule has 3 aromatic rings. The average Bonchev–Trinajstić information content (AvgIpc) is 2.67. The number of benzene rings is 2. The van der Waals surface area contributed by atoms with Crippen LogP contribution in [-0.2, 0) is 0 Å². The number of ether oxygens (including phenoxy) is 3. The molecule has 0 saturated heterocycles. The number of hydrogen-bond donors (Lipinski definition) is 1. The van der Waals surface area contributed by atoms with Crippen molar-refractivity contribution in [1.29, 1.82) is 0 Å². The van der Waals surface area contributed by atoms with E-state index in [0.29, 0.717) is 11.5 Å². The predicted octanol–water partition coefficient (Wildman–Crippen LogP) is 5.66. The second-order valence-corrected chi connectivity index (χ2v) is 7.54. The molecule has 0 bridgehead atoms. The summed E-state index contributed by atoms with van der Waals surface area (Å²) in [5.41, 5.74) is 1.88. The highest BCUT2D eigenvalue weighted by molar-refractivity contribution is 8.01. The van der Waals surface area contributed by atoms with Gasteiger partial charge in [-0.05, 0) is 61.2 Å². The molecule has 1 aliphatic carbocycles. The second kappa shape index (κ2) is 7.96. The van der Waals surface area contributed by atoms with E-state index in [1.165, 1.54) is 19.3 Å². The second-order valence-electron chi connectivity index (χ2n) is 6.43. The minimum absolute atomic E-state index is 0.647. The summed E-state index contributed by atoms with van der Waals surface area (Å²) in [5, 5.41) is 1.62. The van der Waals surface area contributed by atoms with E-state index in [9.17, 15) is 0 Å². The first kappa shape index (κ1) is 17.8. The van der Waals surface area contributed by atoms with Crippen LogP contribution >= 0.6 is 11.9 Å². The Labute approximate surface area is 163 Å². The number of fused-ring (bicyclic) bond motifs is 1. The average molecular weight is 382 g/mol. The zero-order chi connectivity index (χ0) is 18.6. The number of rotatable bonds is 7. The van der Waals surface area contributed by atoms with Crippen molar-refractivity contribution in [3.63, 3.8) is 0 Å². The molecule has 140 valence electrons. The number of anilines is 1. The van der Waals surface area contributed by atoms with Crippen LogP contribution in [0.1, 0.15) is 19.3 Å². The van der Waals surface area contributed by atoms with Gasteiger partial charge < -0.3 is 18.9 Å². The normalized spacial score (nSPS) is 13.9. The maximum absolute atomic E-state index is 6.11. The van der Waals surface area contributed by atoms with Gasteiger partial charge in [0.05, 0.1) is 19.7 Å². The third-order valence-corrected chi connectivity index (χ3v) is 5.84. The lowest BCUT2D eigenvalue weighted by atomic mass is 10.0. The molecule has 1 N–H and O–H groups in total. The molecule has 27 heavy (non-hydrogen) atoms. The van der Waals surface area contributed by atoms with Crippen molar-refractivity contribution in [2.24, 2.45) is 0 Å². The van der Waals surface area contributed by atoms with Crippen molar-refractivity contribution in [3.05, 3.63) is 48.7 Å². The molecule has 0 atom stereocenters. The van der Waals surface area contributed by atoms with Crippen molar-refractivity contribution in [2.45, 2.75) is 24.5 Å². The largest absolute Gasteiger partial charge is 0.493 e. The Kier molecular flexibility index (Phi) is 5.25. The first-order chi connectivity index (χ1) is 13.3. The smallest absolute Gasteiger partial charge is 0.162 e. The van der Waals surface area contributed by atoms with Crippen LogP contribution in [0, 0.1) is 0 Å². The first-order valence-electron chi connectivity index (χ1n) is 8.97. The van der Waals surface area contributed by atoms with Gasteiger partial charge in [-0.3, -0.25) is 4.98 Å². The quantitative estimate of drug-likeness (QED) is 0.532. The first-order valence-corrected chi connectivity index (χ1v) is 9.85. The van der Waals surface area contributed by atoms with E-state index in [-0.39, 0.29) is 0 Å². The molecule has 1 fully saturated rings. The van der Waals surface area contributed by atoms with Gasteiger partial charge in [-0.25, -0.2) is 0 Å². The zero-order valence-corrected chi connectivity index (χ0v) is 16.2. The van der Waals surface area contributed by atoms with Gasteiger partial charge in [0.25, 0.3) is 0 Å². The summed E-state index contributed by atoms with van der Waals surface area (Å²) in [4.78, 5) is 4.41. The topological polar surface area (TPSA) is 52.6 Å². The summed E-state index contributed by atoms with van der Waals surface area (Å²) in [6, 6.07) is 13.6. The fraction of sp³-hybridized carbons (Fsp3) is 0.286. The molecule has 0 amide bonds. The van der Waals surface area contributed by atoms with E-state index in [4.69, 9.17) is 14.2 Å². The van der Waals surface area contributed by atoms with E-state index in [0.717, 1.165) is 33.3 Å². The molecule has 0 unspecified atom stereocenters. The Hall–Kier alpha value is -2.60. The predicted molar refractivity (Wildman–Crippen MR) is 110 cm³/mol. The molecule has 1 aromatic heterocycles. The summed E-state index contributed by atoms with van der Waals surface area (Å²) >= 11 is 1.81. The maximum atomic E-state index is 6.11. The highest BCUT2D eigenvalue weighted by Crippen LogP contribution is 2.37. The Morgan fingerprint density at radius 3 is 2.37 bits per heavy atom. The van der Waals surface area contributed by atoms with Gasteiger partial charge in [-0.15, -0.1) is 0 Å². The SMILES string of the molecule is COc1cc2nccc(Oc3ccc(NSC4CCC4)cc3)c2cc1OC. The molecule has 4 rings (SSSR count). The van der Waals surface area contributed by atoms with Crippen molar-refractivity contribution in [2.75, 3.05) is 18.9 Å². The molecule has 1 saturated carbocycles. The fourth-order valence-electron chi connectivity index (χ4n) is 2.89. The van der Waals surface area contributed by atoms with E-state index < -0.39 is 0 Å². The van der Waals surface area contributed by atoms with Gasteiger partial charge in [0.1, 0.15) is 11.5 Å². The van der Waals surface area contributed by atoms with Gasteiger partial charge in [0.15, 0.2) is 11.5 Å². The zero-order valence-electron chi connectivity index (χ0n) is 15.4. The number of aromatic nitrogens is 1. The highest BCUT2D eigenvalue weighted by atomic mass is 32.2. The molecule has 5 nitrogen and oxygen atoms in total. The Balaban J connectivity index is 1.53. The van der Waals surface area contributed by atoms with Crippen LogP contribution in [0.25, 0.3) is 10.9 Å². The molecule has 1 heterocycles. The van der Waals surface area contributed by atoms with Crippen molar-refractivity contribution in [3.8, 4) is 23.0 Å². The molecule has 0 aliphatic heterocycles. The van der Waals surface area contributed by atoms with Crippen LogP contribution in [0.3, 0.4) is 0 Å². The van der Waals surface area contributed by atoms with Crippen LogP contribution in [0.5, 0.6) is 23.0 Å². The molecule has 0 radical (unpaired) electrons. The van der Waals surface area contributed by atoms with Gasteiger partial charge in [-0.2, -0.15) is 0 Å². The lowest BCUT2D eigenvalue weighted by molar-refractivity contribution is 0.355. The van der Waals surface area contributed by atoms with E-state index in [2.05, 4.69) is 9.71 Å². The van der Waals surface area contributed by atoms with E-state index in [1.807, 2.05) is 54.4 Å². The lowest BCUT2D eigenvalue weighted by Gasteiger charge is -2.24. The van der Waals surface area contributed by atoms with Crippen LogP contribution in [0.4, 0.5) is 5.69 Å². The molecule has 2 aromatic carbocycles. The molecular weight excluding hydrogens is 360 g/mol. The van der Waals surface area contributed by atoms with Crippen LogP contribution in [0.15, 0.2) is 48.7 Å². The van der Waals surface area contributed by atoms with E-state index in [1.54, 1.807) is 20.4 Å². The van der Waals surface area contributed by atoms with Crippen LogP contribution in [-0.4, -0.2) is 24.5 Å². The Morgan fingerprint density at radius 1 is 0.963 bits per heavy atom. The monoisotopic (exact) mass is 382 g/mol. The third-order valence-electron chi connectivity index (χ3n) is 4.68. The summed E-state index contributed by atoms with van der Waals surface area (Å²) < 4.78 is 20.3. The van der Waals surface area contributed by atoms with Crippen LogP contribution < -0.4 is 18.9 Å². The molecule has 1 aliphatic rings. The fourth-order valence-corrected chi connectivity index (χ4v) is 3.90. The molecule has 0 spiro atoms. The number of pyridine rings is 1. The standard InChI is InChI=1S/C21H22N2O3S/c1-24-20-12-17-18(13-21(20)25-2)22-11-10-19(17)26-15-8-6-14(7-9-15)23-27-16-4-3-5-16/h6-13,16,23H,3-5H2,1-2H3. The number of nitrogens with zero attached hydrogens (tertiary/aromatic N) is 1. The number of nitrogens with one attached hydrogen (secondary N) is 1. The number of hydrogen-bond acceptors (Lipinski definition) is 6. The highest BCUT2D eigenvalue weighted by Gasteiger charge is 2.17. The van der Waals surface area contributed by atoms with Gasteiger partial charge in [0.2, 0.25) is 0 Å². The van der Waals surface area contributed by atoms with Crippen LogP contribution in [0.2, 0.25) is 0 Å². The van der Waals surface area contributed by atoms with Gasteiger partial charge in [-0.1, -0.05) is 6.42 Å². The summed E-state index contributed by atoms with van der Waals surface area (Å²) in [6.07, 6.45) is 5.70. The minimum atomic E-state index is 0.647. The third kappa shape index (κ3) is 3.90. The molecule has 6 heteroatoms. The van der Waals surface area contributed by atoms with Gasteiger partial charge >= 0.3 is 0 Å². The van der Waals surface area contributed by atoms with Crippen molar-refractivity contribution in [1.82, 2.24) is 4.98 Å². The number of methoxy groups -OCH3 is 2. The summed E-state index contributed by atoms with van der Waals surface area (Å²) in [6.45, 7) is 0. The summed E-state index contributed by atoms with van der Waals surface area (Å²) in [7, 11) is 3.23. The maximum Gasteiger partial charge on any atom is 0.162 e. The lowest BCUT2D eigenvalue weighted by Crippen LogP contribution is -2.15. The van der Waals surface area contributed by atoms with Crippen molar-refractivity contribution < 1.29 is 14.2 Å². The Morgan fingerprint density at radius 2 is 1.70 bits per heavy atom. The molecular formula is C21H22N2O3S. The van der Waals surface area contributed by atoms with Gasteiger partial charge in [0, 0.05) is 28.6 Å².